The van der Waals surface area contributed by atoms with Gasteiger partial charge in [0, 0.05) is 0 Å². The molecule has 0 aromatic heterocycles. The topological polar surface area (TPSA) is 57.5 Å². The monoisotopic (exact) mass is 390 g/mol. The van der Waals surface area contributed by atoms with Crippen LogP contribution in [-0.4, -0.2) is 60.4 Å². The maximum atomic E-state index is 10.3. The van der Waals surface area contributed by atoms with Crippen LogP contribution >= 0.6 is 0 Å². The van der Waals surface area contributed by atoms with Gasteiger partial charge in [-0.3, -0.25) is 0 Å². The van der Waals surface area contributed by atoms with Gasteiger partial charge < -0.3 is 10.2 Å². The molecular weight excluding hydrogens is 365 g/mol. The molecule has 104 valence electrons. The van der Waals surface area contributed by atoms with Crippen LogP contribution in [0.4, 0.5) is 0 Å². The largest absolute Gasteiger partial charge is 0.507 e. The van der Waals surface area contributed by atoms with E-state index in [-0.39, 0.29) is 11.3 Å². The van der Waals surface area contributed by atoms with E-state index < -0.39 is 50.2 Å². The fraction of sp³-hybridized carbons (Fsp3) is 0.533. The summed E-state index contributed by atoms with van der Waals surface area (Å²) in [6.07, 6.45) is 0. The number of benzene rings is 1. The van der Waals surface area contributed by atoms with E-state index in [1.54, 1.807) is 12.1 Å². The SMILES string of the molecule is C[C](C)(C)[Ba][C](C)(C)C.O=C(O)c1ccccc1O. The number of carbonyl (C=O) groups is 1. The Morgan fingerprint density at radius 3 is 1.63 bits per heavy atom. The number of rotatable bonds is 1. The van der Waals surface area contributed by atoms with E-state index in [1.165, 1.54) is 12.1 Å². The second-order valence-corrected chi connectivity index (χ2v) is 21.6. The smallest absolute Gasteiger partial charge is 0.339 e. The third kappa shape index (κ3) is 10.5. The van der Waals surface area contributed by atoms with Gasteiger partial charge in [-0.1, -0.05) is 12.1 Å². The molecule has 0 aliphatic rings. The molecule has 0 aliphatic carbocycles. The molecule has 0 saturated heterocycles. The molecule has 1 aromatic carbocycles. The summed E-state index contributed by atoms with van der Waals surface area (Å²) in [5, 5.41) is 17.3. The second-order valence-electron chi connectivity index (χ2n) is 7.12. The van der Waals surface area contributed by atoms with Crippen molar-refractivity contribution in [3.63, 3.8) is 0 Å². The van der Waals surface area contributed by atoms with Gasteiger partial charge in [0.15, 0.2) is 0 Å². The molecule has 2 N–H and O–H groups in total. The van der Waals surface area contributed by atoms with Crippen molar-refractivity contribution in [3.8, 4) is 5.75 Å². The predicted octanol–water partition coefficient (Wildman–Crippen LogP) is 4.22. The minimum atomic E-state index is -1.11. The Morgan fingerprint density at radius 2 is 1.42 bits per heavy atom. The van der Waals surface area contributed by atoms with Crippen molar-refractivity contribution in [1.82, 2.24) is 0 Å². The quantitative estimate of drug-likeness (QED) is 0.707. The third-order valence-corrected chi connectivity index (χ3v) is 8.86. The summed E-state index contributed by atoms with van der Waals surface area (Å²) in [6.45, 7) is 14.3. The van der Waals surface area contributed by atoms with Crippen molar-refractivity contribution in [2.75, 3.05) is 0 Å². The molecule has 1 rings (SSSR count). The first-order valence-electron chi connectivity index (χ1n) is 6.44. The van der Waals surface area contributed by atoms with Gasteiger partial charge in [0.1, 0.15) is 11.3 Å². The number of aromatic hydroxyl groups is 1. The van der Waals surface area contributed by atoms with Crippen LogP contribution in [0.25, 0.3) is 0 Å². The van der Waals surface area contributed by atoms with Crippen LogP contribution in [0.1, 0.15) is 51.9 Å². The average molecular weight is 390 g/mol. The van der Waals surface area contributed by atoms with Crippen molar-refractivity contribution in [2.45, 2.75) is 41.3 Å². The van der Waals surface area contributed by atoms with Crippen LogP contribution in [0.5, 0.6) is 5.75 Å². The molecule has 0 bridgehead atoms. The Hall–Kier alpha value is 0.0614. The van der Waals surface area contributed by atoms with Crippen LogP contribution in [0.15, 0.2) is 24.3 Å². The molecule has 0 heterocycles. The molecule has 0 unspecified atom stereocenters. The average Bonchev–Trinajstić information content (AvgIpc) is 2.12. The minimum absolute atomic E-state index is 0.0671. The van der Waals surface area contributed by atoms with Gasteiger partial charge in [-0.05, 0) is 12.1 Å². The van der Waals surface area contributed by atoms with Crippen LogP contribution in [0.2, 0.25) is -0.234 Å². The molecule has 0 atom stereocenters. The standard InChI is InChI=1S/C7H6O3.2C4H9.Ba/c8-6-4-2-1-3-5(6)7(9)10;2*1-4(2)3;/h1-4,8H,(H,9,10);2*1-3H3;. The first-order valence-corrected chi connectivity index (χ1v) is 10.9. The van der Waals surface area contributed by atoms with E-state index in [0.29, 0.717) is -0.234 Å². The summed E-state index contributed by atoms with van der Waals surface area (Å²) in [7, 11) is 0. The number of carboxylic acids is 1. The maximum Gasteiger partial charge on any atom is 0.339 e. The van der Waals surface area contributed by atoms with Crippen molar-refractivity contribution < 1.29 is 15.0 Å². The molecule has 0 amide bonds. The summed E-state index contributed by atoms with van der Waals surface area (Å²) >= 11 is -0.634. The first kappa shape index (κ1) is 19.1. The van der Waals surface area contributed by atoms with Crippen LogP contribution in [0.3, 0.4) is 0 Å². The number of para-hydroxylation sites is 1. The van der Waals surface area contributed by atoms with Crippen LogP contribution in [0, 0.1) is 0 Å². The summed E-state index contributed by atoms with van der Waals surface area (Å²) in [5.74, 6) is -1.31. The van der Waals surface area contributed by atoms with E-state index in [4.69, 9.17) is 10.2 Å². The van der Waals surface area contributed by atoms with Crippen molar-refractivity contribution in [2.24, 2.45) is 0 Å². The normalized spacial score (nSPS) is 11.1. The summed E-state index contributed by atoms with van der Waals surface area (Å²) < 4.78 is 1.41. The molecule has 0 aliphatic heterocycles. The summed E-state index contributed by atoms with van der Waals surface area (Å²) in [4.78, 5) is 10.3. The Kier molecular flexibility index (Phi) is 7.77. The summed E-state index contributed by atoms with van der Waals surface area (Å²) in [6, 6.07) is 5.81. The Bertz CT molecular complexity index is 402. The molecular formula is C15H24BaO3. The van der Waals surface area contributed by atoms with Gasteiger partial charge in [-0.15, -0.1) is 0 Å². The Balaban J connectivity index is 0.000000344. The zero-order chi connectivity index (χ0) is 15.3. The van der Waals surface area contributed by atoms with E-state index in [9.17, 15) is 4.79 Å². The molecule has 0 radical (unpaired) electrons. The van der Waals surface area contributed by atoms with Crippen LogP contribution in [-0.2, 0) is 0 Å². The molecule has 3 nitrogen and oxygen atoms in total. The van der Waals surface area contributed by atoms with E-state index in [2.05, 4.69) is 41.5 Å². The molecule has 4 heteroatoms. The predicted molar refractivity (Wildman–Crippen MR) is 80.3 cm³/mol. The van der Waals surface area contributed by atoms with Gasteiger partial charge >= 0.3 is 91.5 Å². The number of hydrogen-bond donors (Lipinski definition) is 2. The van der Waals surface area contributed by atoms with Gasteiger partial charge in [0.05, 0.1) is 0 Å². The van der Waals surface area contributed by atoms with E-state index in [1.807, 2.05) is 0 Å². The molecule has 19 heavy (non-hydrogen) atoms. The number of phenols is 1. The molecule has 0 saturated carbocycles. The second kappa shape index (κ2) is 7.74. The van der Waals surface area contributed by atoms with Gasteiger partial charge in [-0.25, -0.2) is 4.79 Å². The third-order valence-electron chi connectivity index (χ3n) is 2.20. The number of aromatic carboxylic acids is 1. The number of hydrogen-bond acceptors (Lipinski definition) is 2. The Labute approximate surface area is 140 Å². The van der Waals surface area contributed by atoms with Crippen LogP contribution < -0.4 is 0 Å². The molecule has 1 aromatic rings. The van der Waals surface area contributed by atoms with Gasteiger partial charge in [-0.2, -0.15) is 0 Å². The summed E-state index contributed by atoms with van der Waals surface area (Å²) in [5.41, 5.74) is -0.0671. The minimum Gasteiger partial charge on any atom is -0.507 e. The van der Waals surface area contributed by atoms with E-state index in [0.717, 1.165) is 0 Å². The van der Waals surface area contributed by atoms with E-state index >= 15 is 0 Å². The molecule has 0 fully saturated rings. The first-order chi connectivity index (χ1) is 8.42. The van der Waals surface area contributed by atoms with Crippen molar-refractivity contribution in [1.29, 1.82) is 0 Å². The van der Waals surface area contributed by atoms with Crippen molar-refractivity contribution >= 4 is 50.2 Å². The fourth-order valence-electron chi connectivity index (χ4n) is 2.25. The van der Waals surface area contributed by atoms with Gasteiger partial charge in [0.2, 0.25) is 0 Å². The van der Waals surface area contributed by atoms with Crippen molar-refractivity contribution in [3.05, 3.63) is 29.8 Å². The maximum absolute atomic E-state index is 10.3. The molecule has 0 spiro atoms. The number of carboxylic acid groups (broad SMARTS) is 1. The zero-order valence-electron chi connectivity index (χ0n) is 12.8. The fourth-order valence-corrected chi connectivity index (χ4v) is 12.2. The Morgan fingerprint density at radius 1 is 1.00 bits per heavy atom. The zero-order valence-corrected chi connectivity index (χ0v) is 17.3. The van der Waals surface area contributed by atoms with Gasteiger partial charge in [0.25, 0.3) is 0 Å².